The van der Waals surface area contributed by atoms with Crippen molar-refractivity contribution < 1.29 is 0 Å². The lowest BCUT2D eigenvalue weighted by Gasteiger charge is -2.35. The normalized spacial score (nSPS) is 16.7. The lowest BCUT2D eigenvalue weighted by molar-refractivity contribution is 0.174. The monoisotopic (exact) mass is 357 g/mol. The minimum atomic E-state index is 0. The Bertz CT molecular complexity index is 402. The Kier molecular flexibility index (Phi) is 9.81. The third-order valence-electron chi connectivity index (χ3n) is 3.21. The third-order valence-corrected chi connectivity index (χ3v) is 3.81. The molecule has 1 aromatic rings. The summed E-state index contributed by atoms with van der Waals surface area (Å²) >= 11 is 12.5. The highest BCUT2D eigenvalue weighted by atomic mass is 35.5. The minimum absolute atomic E-state index is 0. The molecule has 0 spiro atoms. The van der Waals surface area contributed by atoms with Crippen LogP contribution < -0.4 is 5.32 Å². The van der Waals surface area contributed by atoms with Gasteiger partial charge >= 0.3 is 0 Å². The Hall–Kier alpha value is -0.0300. The van der Waals surface area contributed by atoms with Crippen LogP contribution in [0.4, 0.5) is 0 Å². The topological polar surface area (TPSA) is 28.2 Å². The molecule has 0 aromatic carbocycles. The minimum Gasteiger partial charge on any atom is -0.314 e. The van der Waals surface area contributed by atoms with Crippen LogP contribution in [0.25, 0.3) is 0 Å². The van der Waals surface area contributed by atoms with E-state index in [9.17, 15) is 0 Å². The molecule has 3 nitrogen and oxygen atoms in total. The number of piperazine rings is 1. The van der Waals surface area contributed by atoms with Crippen LogP contribution in [0.2, 0.25) is 10.0 Å². The summed E-state index contributed by atoms with van der Waals surface area (Å²) in [6.45, 7) is 7.81. The van der Waals surface area contributed by atoms with Gasteiger partial charge in [0.25, 0.3) is 0 Å². The van der Waals surface area contributed by atoms with Crippen molar-refractivity contribution in [3.8, 4) is 0 Å². The average Bonchev–Trinajstić information content (AvgIpc) is 2.38. The second-order valence-electron chi connectivity index (χ2n) is 4.34. The molecule has 0 aliphatic carbocycles. The van der Waals surface area contributed by atoms with Gasteiger partial charge in [-0.25, -0.2) is 0 Å². The molecule has 0 saturated carbocycles. The number of nitrogens with one attached hydrogen (secondary N) is 1. The quantitative estimate of drug-likeness (QED) is 0.830. The van der Waals surface area contributed by atoms with Gasteiger partial charge in [-0.3, -0.25) is 9.88 Å². The van der Waals surface area contributed by atoms with Gasteiger partial charge in [0.1, 0.15) is 0 Å². The molecule has 1 fully saturated rings. The van der Waals surface area contributed by atoms with E-state index in [1.165, 1.54) is 0 Å². The van der Waals surface area contributed by atoms with Crippen LogP contribution in [0.3, 0.4) is 0 Å². The van der Waals surface area contributed by atoms with Gasteiger partial charge in [-0.15, -0.1) is 31.4 Å². The predicted molar refractivity (Wildman–Crippen MR) is 90.8 cm³/mol. The van der Waals surface area contributed by atoms with Crippen molar-refractivity contribution in [1.82, 2.24) is 15.2 Å². The molecule has 2 heterocycles. The van der Waals surface area contributed by atoms with Gasteiger partial charge in [-0.1, -0.05) is 29.3 Å². The molecule has 2 rings (SSSR count). The lowest BCUT2D eigenvalue weighted by atomic mass is 10.0. The molecule has 1 saturated heterocycles. The first-order valence-electron chi connectivity index (χ1n) is 6.08. The molecule has 114 valence electrons. The van der Waals surface area contributed by atoms with E-state index in [1.807, 2.05) is 6.08 Å². The van der Waals surface area contributed by atoms with Crippen LogP contribution in [0.1, 0.15) is 18.0 Å². The predicted octanol–water partition coefficient (Wildman–Crippen LogP) is 3.75. The molecular formula is C13H19Cl4N3. The fraction of sp³-hybridized carbons (Fsp3) is 0.462. The Balaban J connectivity index is 0.00000180. The summed E-state index contributed by atoms with van der Waals surface area (Å²) in [6.07, 6.45) is 6.06. The fourth-order valence-electron chi connectivity index (χ4n) is 2.34. The summed E-state index contributed by atoms with van der Waals surface area (Å²) in [7, 11) is 0. The number of aromatic nitrogens is 1. The highest BCUT2D eigenvalue weighted by Gasteiger charge is 2.25. The average molecular weight is 359 g/mol. The molecule has 7 heteroatoms. The molecule has 20 heavy (non-hydrogen) atoms. The second kappa shape index (κ2) is 9.82. The van der Waals surface area contributed by atoms with Crippen molar-refractivity contribution in [1.29, 1.82) is 0 Å². The highest BCUT2D eigenvalue weighted by Crippen LogP contribution is 2.35. The highest BCUT2D eigenvalue weighted by molar-refractivity contribution is 6.35. The standard InChI is InChI=1S/C13H17Cl2N3.2ClH/c1-2-3-12(18-6-4-16-5-7-18)13-10(14)8-17-9-11(13)15;;/h2,8-9,12,16H,1,3-7H2;2*1H/t12-;;/m0../s1. The van der Waals surface area contributed by atoms with Crippen LogP contribution in [0.15, 0.2) is 25.0 Å². The maximum Gasteiger partial charge on any atom is 0.0652 e. The maximum absolute atomic E-state index is 6.26. The SMILES string of the molecule is C=CC[C@@H](c1c(Cl)cncc1Cl)N1CCNCC1.Cl.Cl. The summed E-state index contributed by atoms with van der Waals surface area (Å²) in [5.41, 5.74) is 0.968. The number of hydrogen-bond donors (Lipinski definition) is 1. The van der Waals surface area contributed by atoms with Crippen LogP contribution in [-0.2, 0) is 0 Å². The lowest BCUT2D eigenvalue weighted by Crippen LogP contribution is -2.45. The molecule has 1 aliphatic heterocycles. The summed E-state index contributed by atoms with van der Waals surface area (Å²) in [5.74, 6) is 0. The molecule has 1 atom stereocenters. The third kappa shape index (κ3) is 4.76. The number of rotatable bonds is 4. The van der Waals surface area contributed by atoms with Crippen molar-refractivity contribution in [3.05, 3.63) is 40.7 Å². The van der Waals surface area contributed by atoms with Crippen molar-refractivity contribution >= 4 is 48.0 Å². The van der Waals surface area contributed by atoms with Gasteiger partial charge in [-0.2, -0.15) is 0 Å². The Labute approximate surface area is 142 Å². The zero-order chi connectivity index (χ0) is 13.0. The number of pyridine rings is 1. The molecule has 0 bridgehead atoms. The van der Waals surface area contributed by atoms with E-state index in [4.69, 9.17) is 23.2 Å². The van der Waals surface area contributed by atoms with Gasteiger partial charge < -0.3 is 5.32 Å². The van der Waals surface area contributed by atoms with E-state index in [0.29, 0.717) is 10.0 Å². The van der Waals surface area contributed by atoms with Gasteiger partial charge in [0.05, 0.1) is 10.0 Å². The maximum atomic E-state index is 6.26. The first-order chi connectivity index (χ1) is 8.74. The molecule has 0 radical (unpaired) electrons. The summed E-state index contributed by atoms with van der Waals surface area (Å²) < 4.78 is 0. The first kappa shape index (κ1) is 20.0. The van der Waals surface area contributed by atoms with Crippen molar-refractivity contribution in [2.24, 2.45) is 0 Å². The van der Waals surface area contributed by atoms with Crippen molar-refractivity contribution in [2.45, 2.75) is 12.5 Å². The number of nitrogens with zero attached hydrogens (tertiary/aromatic N) is 2. The summed E-state index contributed by atoms with van der Waals surface area (Å²) in [6, 6.07) is 0.188. The van der Waals surface area contributed by atoms with E-state index >= 15 is 0 Å². The van der Waals surface area contributed by atoms with E-state index in [-0.39, 0.29) is 30.9 Å². The van der Waals surface area contributed by atoms with Gasteiger partial charge in [-0.05, 0) is 6.42 Å². The molecule has 0 unspecified atom stereocenters. The van der Waals surface area contributed by atoms with E-state index in [0.717, 1.165) is 38.2 Å². The number of halogens is 4. The van der Waals surface area contributed by atoms with Crippen LogP contribution in [0, 0.1) is 0 Å². The zero-order valence-electron chi connectivity index (χ0n) is 11.0. The molecule has 1 aromatic heterocycles. The fourth-order valence-corrected chi connectivity index (χ4v) is 2.96. The van der Waals surface area contributed by atoms with Crippen molar-refractivity contribution in [3.63, 3.8) is 0 Å². The van der Waals surface area contributed by atoms with Crippen LogP contribution in [0.5, 0.6) is 0 Å². The molecule has 1 N–H and O–H groups in total. The van der Waals surface area contributed by atoms with Gasteiger partial charge in [0.15, 0.2) is 0 Å². The van der Waals surface area contributed by atoms with Crippen molar-refractivity contribution in [2.75, 3.05) is 26.2 Å². The second-order valence-corrected chi connectivity index (χ2v) is 5.16. The smallest absolute Gasteiger partial charge is 0.0652 e. The van der Waals surface area contributed by atoms with Gasteiger partial charge in [0.2, 0.25) is 0 Å². The van der Waals surface area contributed by atoms with E-state index in [2.05, 4.69) is 21.8 Å². The van der Waals surface area contributed by atoms with E-state index in [1.54, 1.807) is 12.4 Å². The zero-order valence-corrected chi connectivity index (χ0v) is 14.2. The Morgan fingerprint density at radius 1 is 1.25 bits per heavy atom. The van der Waals surface area contributed by atoms with Crippen LogP contribution >= 0.6 is 48.0 Å². The Morgan fingerprint density at radius 3 is 2.30 bits per heavy atom. The summed E-state index contributed by atoms with van der Waals surface area (Å²) in [4.78, 5) is 6.41. The van der Waals surface area contributed by atoms with Gasteiger partial charge in [0, 0.05) is 50.2 Å². The first-order valence-corrected chi connectivity index (χ1v) is 6.84. The Morgan fingerprint density at radius 2 is 1.80 bits per heavy atom. The molecule has 0 amide bonds. The van der Waals surface area contributed by atoms with Crippen LogP contribution in [-0.4, -0.2) is 36.1 Å². The summed E-state index contributed by atoms with van der Waals surface area (Å²) in [5, 5.41) is 4.61. The molecular weight excluding hydrogens is 340 g/mol. The molecule has 1 aliphatic rings. The van der Waals surface area contributed by atoms with E-state index < -0.39 is 0 Å². The number of hydrogen-bond acceptors (Lipinski definition) is 3. The largest absolute Gasteiger partial charge is 0.314 e.